The molecule has 0 radical (unpaired) electrons. The molecule has 0 aliphatic carbocycles. The second-order valence-electron chi connectivity index (χ2n) is 5.12. The molecule has 2 rings (SSSR count). The van der Waals surface area contributed by atoms with E-state index in [9.17, 15) is 4.79 Å². The van der Waals surface area contributed by atoms with Crippen LogP contribution in [0.2, 0.25) is 0 Å². The van der Waals surface area contributed by atoms with E-state index in [0.29, 0.717) is 23.0 Å². The third kappa shape index (κ3) is 4.35. The van der Waals surface area contributed by atoms with E-state index in [4.69, 9.17) is 14.7 Å². The Kier molecular flexibility index (Phi) is 5.16. The molecule has 0 spiro atoms. The van der Waals surface area contributed by atoms with E-state index in [1.165, 1.54) is 5.56 Å². The van der Waals surface area contributed by atoms with Gasteiger partial charge in [-0.25, -0.2) is 4.79 Å². The van der Waals surface area contributed by atoms with Crippen LogP contribution in [0.1, 0.15) is 30.9 Å². The van der Waals surface area contributed by atoms with Crippen LogP contribution in [0.25, 0.3) is 0 Å². The number of carbonyl (C=O) groups excluding carboxylic acids is 1. The summed E-state index contributed by atoms with van der Waals surface area (Å²) in [6, 6.07) is 16.0. The topological polar surface area (TPSA) is 59.3 Å². The maximum atomic E-state index is 11.7. The van der Waals surface area contributed by atoms with Crippen molar-refractivity contribution < 1.29 is 14.3 Å². The van der Waals surface area contributed by atoms with Crippen molar-refractivity contribution in [2.45, 2.75) is 19.8 Å². The fourth-order valence-corrected chi connectivity index (χ4v) is 1.85. The van der Waals surface area contributed by atoms with Crippen LogP contribution >= 0.6 is 0 Å². The monoisotopic (exact) mass is 295 g/mol. The normalized spacial score (nSPS) is 10.1. The van der Waals surface area contributed by atoms with Crippen molar-refractivity contribution in [1.82, 2.24) is 0 Å². The van der Waals surface area contributed by atoms with Crippen LogP contribution < -0.4 is 9.47 Å². The zero-order chi connectivity index (χ0) is 15.9. The molecule has 0 heterocycles. The van der Waals surface area contributed by atoms with Crippen LogP contribution in [0.3, 0.4) is 0 Å². The molecule has 2 aromatic rings. The maximum absolute atomic E-state index is 11.7. The van der Waals surface area contributed by atoms with Gasteiger partial charge in [-0.05, 0) is 47.9 Å². The smallest absolute Gasteiger partial charge is 0.349 e. The molecule has 0 aromatic heterocycles. The lowest BCUT2D eigenvalue weighted by molar-refractivity contribution is -0.136. The van der Waals surface area contributed by atoms with Gasteiger partial charge in [0, 0.05) is 0 Å². The number of carbonyl (C=O) groups is 1. The Morgan fingerprint density at radius 3 is 2.18 bits per heavy atom. The highest BCUT2D eigenvalue weighted by atomic mass is 16.6. The zero-order valence-electron chi connectivity index (χ0n) is 12.6. The standard InChI is InChI=1S/C18H17NO3/c1-13(2)15-5-9-17(10-6-15)22-18(20)12-21-16-7-3-14(11-19)4-8-16/h3-10,13H,12H2,1-2H3. The Morgan fingerprint density at radius 1 is 1.05 bits per heavy atom. The highest BCUT2D eigenvalue weighted by molar-refractivity contribution is 5.74. The number of hydrogen-bond donors (Lipinski definition) is 0. The molecule has 0 saturated carbocycles. The molecule has 0 N–H and O–H groups in total. The van der Waals surface area contributed by atoms with Crippen LogP contribution in [-0.2, 0) is 4.79 Å². The number of nitriles is 1. The van der Waals surface area contributed by atoms with E-state index in [1.54, 1.807) is 36.4 Å². The van der Waals surface area contributed by atoms with E-state index in [0.717, 1.165) is 0 Å². The van der Waals surface area contributed by atoms with E-state index < -0.39 is 5.97 Å². The van der Waals surface area contributed by atoms with E-state index >= 15 is 0 Å². The lowest BCUT2D eigenvalue weighted by Gasteiger charge is -2.08. The van der Waals surface area contributed by atoms with Gasteiger partial charge in [0.2, 0.25) is 0 Å². The molecule has 0 aliphatic rings. The number of esters is 1. The van der Waals surface area contributed by atoms with Crippen LogP contribution in [0.5, 0.6) is 11.5 Å². The average molecular weight is 295 g/mol. The van der Waals surface area contributed by atoms with Gasteiger partial charge in [0.05, 0.1) is 11.6 Å². The molecule has 0 fully saturated rings. The fourth-order valence-electron chi connectivity index (χ4n) is 1.85. The molecule has 0 saturated heterocycles. The van der Waals surface area contributed by atoms with Gasteiger partial charge in [0.1, 0.15) is 11.5 Å². The third-order valence-corrected chi connectivity index (χ3v) is 3.12. The Hall–Kier alpha value is -2.80. The summed E-state index contributed by atoms with van der Waals surface area (Å²) in [5, 5.41) is 8.70. The predicted octanol–water partition coefficient (Wildman–Crippen LogP) is 3.67. The molecule has 2 aromatic carbocycles. The minimum absolute atomic E-state index is 0.183. The summed E-state index contributed by atoms with van der Waals surface area (Å²) in [5.74, 6) is 0.982. The Balaban J connectivity index is 1.85. The molecule has 0 amide bonds. The Bertz CT molecular complexity index is 667. The SMILES string of the molecule is CC(C)c1ccc(OC(=O)COc2ccc(C#N)cc2)cc1. The van der Waals surface area contributed by atoms with Gasteiger partial charge in [0.25, 0.3) is 0 Å². The lowest BCUT2D eigenvalue weighted by Crippen LogP contribution is -2.17. The summed E-state index contributed by atoms with van der Waals surface area (Å²) in [5.41, 5.74) is 1.73. The van der Waals surface area contributed by atoms with E-state index in [1.807, 2.05) is 18.2 Å². The number of rotatable bonds is 5. The molecule has 0 atom stereocenters. The molecule has 112 valence electrons. The fraction of sp³-hybridized carbons (Fsp3) is 0.222. The van der Waals surface area contributed by atoms with Crippen molar-refractivity contribution >= 4 is 5.97 Å². The molecule has 4 nitrogen and oxygen atoms in total. The highest BCUT2D eigenvalue weighted by Crippen LogP contribution is 2.19. The molecule has 22 heavy (non-hydrogen) atoms. The summed E-state index contributed by atoms with van der Waals surface area (Å²) < 4.78 is 10.5. The van der Waals surface area contributed by atoms with Gasteiger partial charge in [-0.3, -0.25) is 0 Å². The first kappa shape index (κ1) is 15.6. The average Bonchev–Trinajstić information content (AvgIpc) is 2.54. The summed E-state index contributed by atoms with van der Waals surface area (Å²) in [7, 11) is 0. The summed E-state index contributed by atoms with van der Waals surface area (Å²) in [4.78, 5) is 11.7. The van der Waals surface area contributed by atoms with Crippen LogP contribution in [0.4, 0.5) is 0 Å². The van der Waals surface area contributed by atoms with E-state index in [-0.39, 0.29) is 6.61 Å². The minimum Gasteiger partial charge on any atom is -0.482 e. The van der Waals surface area contributed by atoms with Crippen molar-refractivity contribution in [3.8, 4) is 17.6 Å². The number of benzene rings is 2. The van der Waals surface area contributed by atoms with Crippen molar-refractivity contribution in [2.24, 2.45) is 0 Å². The highest BCUT2D eigenvalue weighted by Gasteiger charge is 2.07. The van der Waals surface area contributed by atoms with Crippen LogP contribution in [-0.4, -0.2) is 12.6 Å². The van der Waals surface area contributed by atoms with Gasteiger partial charge in [0.15, 0.2) is 6.61 Å². The van der Waals surface area contributed by atoms with Crippen molar-refractivity contribution in [3.05, 3.63) is 59.7 Å². The van der Waals surface area contributed by atoms with Gasteiger partial charge in [-0.2, -0.15) is 5.26 Å². The summed E-state index contributed by atoms with van der Waals surface area (Å²) in [6.45, 7) is 4.02. The predicted molar refractivity (Wildman–Crippen MR) is 82.8 cm³/mol. The summed E-state index contributed by atoms with van der Waals surface area (Å²) in [6.07, 6.45) is 0. The molecule has 0 bridgehead atoms. The molecule has 0 aliphatic heterocycles. The molecule has 4 heteroatoms. The van der Waals surface area contributed by atoms with Crippen molar-refractivity contribution in [2.75, 3.05) is 6.61 Å². The van der Waals surface area contributed by atoms with Gasteiger partial charge in [-0.1, -0.05) is 26.0 Å². The van der Waals surface area contributed by atoms with Crippen LogP contribution in [0, 0.1) is 11.3 Å². The zero-order valence-corrected chi connectivity index (χ0v) is 12.6. The maximum Gasteiger partial charge on any atom is 0.349 e. The van der Waals surface area contributed by atoms with Crippen LogP contribution in [0.15, 0.2) is 48.5 Å². The second-order valence-corrected chi connectivity index (χ2v) is 5.12. The van der Waals surface area contributed by atoms with E-state index in [2.05, 4.69) is 13.8 Å². The van der Waals surface area contributed by atoms with Gasteiger partial charge < -0.3 is 9.47 Å². The van der Waals surface area contributed by atoms with Crippen molar-refractivity contribution in [3.63, 3.8) is 0 Å². The molecule has 0 unspecified atom stereocenters. The first-order chi connectivity index (χ1) is 10.6. The quantitative estimate of drug-likeness (QED) is 0.624. The first-order valence-electron chi connectivity index (χ1n) is 7.02. The number of nitrogens with zero attached hydrogens (tertiary/aromatic N) is 1. The number of hydrogen-bond acceptors (Lipinski definition) is 4. The third-order valence-electron chi connectivity index (χ3n) is 3.12. The van der Waals surface area contributed by atoms with Gasteiger partial charge in [-0.15, -0.1) is 0 Å². The summed E-state index contributed by atoms with van der Waals surface area (Å²) >= 11 is 0. The Labute approximate surface area is 129 Å². The molecular weight excluding hydrogens is 278 g/mol. The molecular formula is C18H17NO3. The van der Waals surface area contributed by atoms with Crippen molar-refractivity contribution in [1.29, 1.82) is 5.26 Å². The van der Waals surface area contributed by atoms with Gasteiger partial charge >= 0.3 is 5.97 Å². The Morgan fingerprint density at radius 2 is 1.64 bits per heavy atom. The largest absolute Gasteiger partial charge is 0.482 e. The lowest BCUT2D eigenvalue weighted by atomic mass is 10.0. The minimum atomic E-state index is -0.471. The second kappa shape index (κ2) is 7.28. The number of ether oxygens (including phenoxy) is 2. The first-order valence-corrected chi connectivity index (χ1v) is 7.02.